The van der Waals surface area contributed by atoms with Gasteiger partial charge in [-0.05, 0) is 24.1 Å². The molecule has 0 aromatic heterocycles. The van der Waals surface area contributed by atoms with Gasteiger partial charge in [0, 0.05) is 23.1 Å². The van der Waals surface area contributed by atoms with E-state index in [1.165, 1.54) is 17.2 Å². The minimum atomic E-state index is -0.171. The molecular weight excluding hydrogens is 257 g/mol. The SMILES string of the molecule is Cc1ccccc1CSC(CN)c1ccccc1F. The van der Waals surface area contributed by atoms with Crippen molar-refractivity contribution in [2.24, 2.45) is 5.73 Å². The second-order valence-corrected chi connectivity index (χ2v) is 5.67. The van der Waals surface area contributed by atoms with E-state index in [4.69, 9.17) is 5.73 Å². The van der Waals surface area contributed by atoms with E-state index in [9.17, 15) is 4.39 Å². The van der Waals surface area contributed by atoms with Gasteiger partial charge in [0.05, 0.1) is 0 Å². The van der Waals surface area contributed by atoms with E-state index in [1.807, 2.05) is 24.3 Å². The molecule has 100 valence electrons. The summed E-state index contributed by atoms with van der Waals surface area (Å²) in [5.74, 6) is 0.679. The first-order valence-electron chi connectivity index (χ1n) is 6.33. The number of aryl methyl sites for hydroxylation is 1. The standard InChI is InChI=1S/C16H18FNS/c1-12-6-2-3-7-13(12)11-19-16(10-18)14-8-4-5-9-15(14)17/h2-9,16H,10-11,18H2,1H3. The van der Waals surface area contributed by atoms with Gasteiger partial charge in [0.25, 0.3) is 0 Å². The highest BCUT2D eigenvalue weighted by Crippen LogP contribution is 2.32. The van der Waals surface area contributed by atoms with Crippen LogP contribution in [0.1, 0.15) is 21.9 Å². The molecule has 2 N–H and O–H groups in total. The number of thioether (sulfide) groups is 1. The van der Waals surface area contributed by atoms with Crippen molar-refractivity contribution in [2.45, 2.75) is 17.9 Å². The largest absolute Gasteiger partial charge is 0.329 e. The first-order chi connectivity index (χ1) is 9.22. The summed E-state index contributed by atoms with van der Waals surface area (Å²) in [6, 6.07) is 15.1. The van der Waals surface area contributed by atoms with Crippen molar-refractivity contribution in [3.05, 3.63) is 71.0 Å². The Labute approximate surface area is 118 Å². The Bertz CT molecular complexity index is 542. The highest BCUT2D eigenvalue weighted by molar-refractivity contribution is 7.98. The van der Waals surface area contributed by atoms with Crippen LogP contribution in [0.15, 0.2) is 48.5 Å². The van der Waals surface area contributed by atoms with Crippen LogP contribution in [-0.4, -0.2) is 6.54 Å². The summed E-state index contributed by atoms with van der Waals surface area (Å²) in [5, 5.41) is 0.000746. The van der Waals surface area contributed by atoms with E-state index >= 15 is 0 Å². The van der Waals surface area contributed by atoms with Crippen LogP contribution in [0.5, 0.6) is 0 Å². The molecule has 0 radical (unpaired) electrons. The predicted molar refractivity (Wildman–Crippen MR) is 80.7 cm³/mol. The lowest BCUT2D eigenvalue weighted by Gasteiger charge is -2.16. The van der Waals surface area contributed by atoms with Crippen LogP contribution in [0.4, 0.5) is 4.39 Å². The lowest BCUT2D eigenvalue weighted by atomic mass is 10.1. The molecule has 0 amide bonds. The topological polar surface area (TPSA) is 26.0 Å². The van der Waals surface area contributed by atoms with Gasteiger partial charge in [-0.15, -0.1) is 11.8 Å². The summed E-state index contributed by atoms with van der Waals surface area (Å²) in [4.78, 5) is 0. The van der Waals surface area contributed by atoms with Crippen molar-refractivity contribution < 1.29 is 4.39 Å². The third-order valence-electron chi connectivity index (χ3n) is 3.17. The third kappa shape index (κ3) is 3.58. The maximum atomic E-state index is 13.8. The van der Waals surface area contributed by atoms with E-state index in [-0.39, 0.29) is 11.1 Å². The molecule has 1 nitrogen and oxygen atoms in total. The summed E-state index contributed by atoms with van der Waals surface area (Å²) in [6.45, 7) is 2.54. The Morgan fingerprint density at radius 3 is 2.47 bits per heavy atom. The molecule has 1 unspecified atom stereocenters. The number of rotatable bonds is 5. The average molecular weight is 275 g/mol. The van der Waals surface area contributed by atoms with Crippen LogP contribution in [0.2, 0.25) is 0 Å². The Hall–Kier alpha value is -1.32. The molecule has 0 bridgehead atoms. The summed E-state index contributed by atoms with van der Waals surface area (Å²) in [7, 11) is 0. The fourth-order valence-corrected chi connectivity index (χ4v) is 3.19. The minimum absolute atomic E-state index is 0.000746. The maximum Gasteiger partial charge on any atom is 0.127 e. The molecule has 2 rings (SSSR count). The molecule has 0 aliphatic rings. The second kappa shape index (κ2) is 6.73. The van der Waals surface area contributed by atoms with E-state index in [1.54, 1.807) is 17.8 Å². The minimum Gasteiger partial charge on any atom is -0.329 e. The van der Waals surface area contributed by atoms with Gasteiger partial charge < -0.3 is 5.73 Å². The van der Waals surface area contributed by atoms with Gasteiger partial charge in [0.1, 0.15) is 5.82 Å². The van der Waals surface area contributed by atoms with E-state index in [0.29, 0.717) is 12.1 Å². The van der Waals surface area contributed by atoms with Crippen molar-refractivity contribution in [2.75, 3.05) is 6.54 Å². The van der Waals surface area contributed by atoms with Crippen LogP contribution < -0.4 is 5.73 Å². The number of benzene rings is 2. The first-order valence-corrected chi connectivity index (χ1v) is 7.38. The van der Waals surface area contributed by atoms with Crippen molar-refractivity contribution in [1.82, 2.24) is 0 Å². The Balaban J connectivity index is 2.09. The maximum absolute atomic E-state index is 13.8. The number of halogens is 1. The molecule has 0 saturated heterocycles. The van der Waals surface area contributed by atoms with Gasteiger partial charge in [0.2, 0.25) is 0 Å². The molecule has 1 atom stereocenters. The van der Waals surface area contributed by atoms with Crippen molar-refractivity contribution >= 4 is 11.8 Å². The number of nitrogens with two attached hydrogens (primary N) is 1. The number of hydrogen-bond donors (Lipinski definition) is 1. The zero-order valence-electron chi connectivity index (χ0n) is 11.0. The van der Waals surface area contributed by atoms with Crippen LogP contribution >= 0.6 is 11.8 Å². The zero-order valence-corrected chi connectivity index (χ0v) is 11.8. The molecule has 19 heavy (non-hydrogen) atoms. The summed E-state index contributed by atoms with van der Waals surface area (Å²) in [5.41, 5.74) is 9.03. The van der Waals surface area contributed by atoms with Crippen molar-refractivity contribution in [3.63, 3.8) is 0 Å². The highest BCUT2D eigenvalue weighted by Gasteiger charge is 2.14. The molecular formula is C16H18FNS. The van der Waals surface area contributed by atoms with Gasteiger partial charge in [-0.3, -0.25) is 0 Å². The van der Waals surface area contributed by atoms with Crippen LogP contribution in [0.3, 0.4) is 0 Å². The second-order valence-electron chi connectivity index (χ2n) is 4.48. The van der Waals surface area contributed by atoms with Crippen LogP contribution in [0, 0.1) is 12.7 Å². The molecule has 0 fully saturated rings. The fourth-order valence-electron chi connectivity index (χ4n) is 1.98. The smallest absolute Gasteiger partial charge is 0.127 e. The van der Waals surface area contributed by atoms with Gasteiger partial charge in [-0.25, -0.2) is 4.39 Å². The summed E-state index contributed by atoms with van der Waals surface area (Å²) >= 11 is 1.69. The first kappa shape index (κ1) is 14.1. The van der Waals surface area contributed by atoms with Crippen molar-refractivity contribution in [3.8, 4) is 0 Å². The lowest BCUT2D eigenvalue weighted by Crippen LogP contribution is -2.11. The normalized spacial score (nSPS) is 12.4. The molecule has 3 heteroatoms. The fraction of sp³-hybridized carbons (Fsp3) is 0.250. The average Bonchev–Trinajstić information content (AvgIpc) is 2.43. The third-order valence-corrected chi connectivity index (χ3v) is 4.49. The van der Waals surface area contributed by atoms with Gasteiger partial charge >= 0.3 is 0 Å². The summed E-state index contributed by atoms with van der Waals surface area (Å²) in [6.07, 6.45) is 0. The Morgan fingerprint density at radius 1 is 1.11 bits per heavy atom. The van der Waals surface area contributed by atoms with Gasteiger partial charge in [-0.2, -0.15) is 0 Å². The Kier molecular flexibility index (Phi) is 5.00. The van der Waals surface area contributed by atoms with Gasteiger partial charge in [0.15, 0.2) is 0 Å². The number of hydrogen-bond acceptors (Lipinski definition) is 2. The Morgan fingerprint density at radius 2 is 1.79 bits per heavy atom. The molecule has 0 saturated carbocycles. The monoisotopic (exact) mass is 275 g/mol. The van der Waals surface area contributed by atoms with E-state index in [2.05, 4.69) is 19.1 Å². The zero-order chi connectivity index (χ0) is 13.7. The molecule has 0 aliphatic heterocycles. The van der Waals surface area contributed by atoms with E-state index < -0.39 is 0 Å². The molecule has 2 aromatic rings. The molecule has 2 aromatic carbocycles. The van der Waals surface area contributed by atoms with E-state index in [0.717, 1.165) is 5.75 Å². The molecule has 0 heterocycles. The quantitative estimate of drug-likeness (QED) is 0.890. The van der Waals surface area contributed by atoms with Crippen molar-refractivity contribution in [1.29, 1.82) is 0 Å². The lowest BCUT2D eigenvalue weighted by molar-refractivity contribution is 0.608. The highest BCUT2D eigenvalue weighted by atomic mass is 32.2. The molecule has 0 aliphatic carbocycles. The van der Waals surface area contributed by atoms with Crippen LogP contribution in [0.25, 0.3) is 0 Å². The predicted octanol–water partition coefficient (Wildman–Crippen LogP) is 4.07. The summed E-state index contributed by atoms with van der Waals surface area (Å²) < 4.78 is 13.8. The van der Waals surface area contributed by atoms with Crippen LogP contribution in [-0.2, 0) is 5.75 Å². The van der Waals surface area contributed by atoms with Gasteiger partial charge in [-0.1, -0.05) is 42.5 Å². The molecule has 0 spiro atoms.